The van der Waals surface area contributed by atoms with Gasteiger partial charge in [0.2, 0.25) is 0 Å². The van der Waals surface area contributed by atoms with Crippen LogP contribution in [0.2, 0.25) is 0 Å². The molecule has 0 spiro atoms. The molecule has 0 saturated heterocycles. The molecule has 0 N–H and O–H groups in total. The fraction of sp³-hybridized carbons (Fsp3) is 0.742. The standard InChI is InChI=1S/C31H41F5/c1-18-2-4-19(5-3-18)20-6-8-21(9-7-20)24-14-26(32)30(27(33)15-24)23-12-10-22(11-13-23)25-16-28(34)31(36)29(35)17-25/h14,16,18-23,27,29H,2-13,15,17H2,1H3. The van der Waals surface area contributed by atoms with Crippen molar-refractivity contribution in [1.82, 2.24) is 0 Å². The van der Waals surface area contributed by atoms with Gasteiger partial charge in [-0.05, 0) is 112 Å². The lowest BCUT2D eigenvalue weighted by Crippen LogP contribution is -2.28. The molecular formula is C31H41F5. The van der Waals surface area contributed by atoms with Gasteiger partial charge in [0, 0.05) is 18.4 Å². The highest BCUT2D eigenvalue weighted by Crippen LogP contribution is 2.48. The molecule has 2 unspecified atom stereocenters. The Morgan fingerprint density at radius 3 is 1.53 bits per heavy atom. The van der Waals surface area contributed by atoms with Crippen LogP contribution in [0.1, 0.15) is 96.8 Å². The van der Waals surface area contributed by atoms with Crippen molar-refractivity contribution in [3.63, 3.8) is 0 Å². The van der Waals surface area contributed by atoms with Crippen LogP contribution in [0.15, 0.2) is 46.4 Å². The molecule has 0 bridgehead atoms. The number of alkyl halides is 2. The third-order valence-electron chi connectivity index (χ3n) is 10.3. The van der Waals surface area contributed by atoms with Crippen molar-refractivity contribution in [2.75, 3.05) is 0 Å². The zero-order chi connectivity index (χ0) is 25.4. The Morgan fingerprint density at radius 2 is 1.00 bits per heavy atom. The summed E-state index contributed by atoms with van der Waals surface area (Å²) in [5, 5.41) is 0. The second-order valence-electron chi connectivity index (χ2n) is 12.5. The van der Waals surface area contributed by atoms with E-state index in [2.05, 4.69) is 6.92 Å². The molecule has 0 heterocycles. The Hall–Kier alpha value is -1.39. The summed E-state index contributed by atoms with van der Waals surface area (Å²) in [6.07, 6.45) is 12.1. The molecule has 5 rings (SSSR count). The monoisotopic (exact) mass is 508 g/mol. The van der Waals surface area contributed by atoms with E-state index in [4.69, 9.17) is 0 Å². The average Bonchev–Trinajstić information content (AvgIpc) is 2.87. The molecular weight excluding hydrogens is 467 g/mol. The molecule has 0 radical (unpaired) electrons. The van der Waals surface area contributed by atoms with Crippen LogP contribution in [-0.2, 0) is 0 Å². The fourth-order valence-electron chi connectivity index (χ4n) is 8.02. The summed E-state index contributed by atoms with van der Waals surface area (Å²) in [6, 6.07) is 0. The molecule has 3 saturated carbocycles. The minimum atomic E-state index is -1.92. The largest absolute Gasteiger partial charge is 0.242 e. The Morgan fingerprint density at radius 1 is 0.556 bits per heavy atom. The van der Waals surface area contributed by atoms with Gasteiger partial charge < -0.3 is 0 Å². The van der Waals surface area contributed by atoms with Crippen molar-refractivity contribution >= 4 is 0 Å². The van der Waals surface area contributed by atoms with E-state index in [1.165, 1.54) is 38.5 Å². The van der Waals surface area contributed by atoms with E-state index in [9.17, 15) is 13.2 Å². The smallest absolute Gasteiger partial charge is 0.170 e. The second kappa shape index (κ2) is 11.2. The summed E-state index contributed by atoms with van der Waals surface area (Å²) in [4.78, 5) is 0. The Kier molecular flexibility index (Phi) is 8.12. The highest BCUT2D eigenvalue weighted by Gasteiger charge is 2.38. The number of allylic oxidation sites excluding steroid dienone is 8. The molecule has 0 aliphatic heterocycles. The van der Waals surface area contributed by atoms with Crippen molar-refractivity contribution in [3.8, 4) is 0 Å². The molecule has 5 aliphatic rings. The first-order valence-electron chi connectivity index (χ1n) is 14.4. The van der Waals surface area contributed by atoms with Gasteiger partial charge in [-0.15, -0.1) is 0 Å². The lowest BCUT2D eigenvalue weighted by atomic mass is 9.67. The van der Waals surface area contributed by atoms with Crippen LogP contribution in [-0.4, -0.2) is 12.3 Å². The third kappa shape index (κ3) is 5.55. The van der Waals surface area contributed by atoms with Crippen LogP contribution in [0.5, 0.6) is 0 Å². The second-order valence-corrected chi connectivity index (χ2v) is 12.5. The molecule has 0 aromatic heterocycles. The van der Waals surface area contributed by atoms with E-state index < -0.39 is 24.0 Å². The van der Waals surface area contributed by atoms with Gasteiger partial charge in [0.05, 0.1) is 0 Å². The average molecular weight is 509 g/mol. The van der Waals surface area contributed by atoms with Crippen LogP contribution < -0.4 is 0 Å². The highest BCUT2D eigenvalue weighted by atomic mass is 19.2. The van der Waals surface area contributed by atoms with Crippen molar-refractivity contribution < 1.29 is 22.0 Å². The molecule has 0 aromatic rings. The number of rotatable bonds is 4. The molecule has 0 amide bonds. The van der Waals surface area contributed by atoms with Crippen LogP contribution in [0.4, 0.5) is 22.0 Å². The Bertz CT molecular complexity index is 919. The maximum Gasteiger partial charge on any atom is 0.170 e. The van der Waals surface area contributed by atoms with Crippen LogP contribution in [0.25, 0.3) is 0 Å². The summed E-state index contributed by atoms with van der Waals surface area (Å²) in [7, 11) is 0. The maximum atomic E-state index is 15.4. The normalized spacial score (nSPS) is 40.7. The minimum Gasteiger partial charge on any atom is -0.242 e. The fourth-order valence-corrected chi connectivity index (χ4v) is 8.02. The highest BCUT2D eigenvalue weighted by molar-refractivity contribution is 5.36. The molecule has 3 fully saturated rings. The summed E-state index contributed by atoms with van der Waals surface area (Å²) < 4.78 is 71.6. The van der Waals surface area contributed by atoms with Crippen LogP contribution in [0.3, 0.4) is 0 Å². The number of hydrogen-bond donors (Lipinski definition) is 0. The zero-order valence-electron chi connectivity index (χ0n) is 21.6. The Labute approximate surface area is 213 Å². The SMILES string of the molecule is CC1CCC(C2CCC(C3=CC(F)=C(C4CCC(C5=CC(F)=C(F)C(F)C5)CC4)C(F)C3)CC2)CC1. The molecule has 0 aromatic carbocycles. The van der Waals surface area contributed by atoms with E-state index in [1.54, 1.807) is 6.08 Å². The van der Waals surface area contributed by atoms with E-state index in [0.717, 1.165) is 42.2 Å². The van der Waals surface area contributed by atoms with E-state index in [1.807, 2.05) is 0 Å². The topological polar surface area (TPSA) is 0 Å². The summed E-state index contributed by atoms with van der Waals surface area (Å²) in [6.45, 7) is 2.36. The summed E-state index contributed by atoms with van der Waals surface area (Å²) in [5.74, 6) is -0.218. The van der Waals surface area contributed by atoms with Crippen molar-refractivity contribution in [3.05, 3.63) is 46.4 Å². The summed E-state index contributed by atoms with van der Waals surface area (Å²) in [5.41, 5.74) is 1.86. The van der Waals surface area contributed by atoms with Gasteiger partial charge in [0.1, 0.15) is 12.0 Å². The van der Waals surface area contributed by atoms with Gasteiger partial charge in [-0.25, -0.2) is 22.0 Å². The first-order chi connectivity index (χ1) is 17.3. The Balaban J connectivity index is 1.17. The first kappa shape index (κ1) is 26.2. The van der Waals surface area contributed by atoms with Gasteiger partial charge in [-0.1, -0.05) is 30.9 Å². The quantitative estimate of drug-likeness (QED) is 0.331. The lowest BCUT2D eigenvalue weighted by molar-refractivity contribution is 0.155. The molecule has 200 valence electrons. The first-order valence-corrected chi connectivity index (χ1v) is 14.4. The van der Waals surface area contributed by atoms with Gasteiger partial charge in [0.15, 0.2) is 17.8 Å². The number of halogens is 5. The van der Waals surface area contributed by atoms with Crippen LogP contribution >= 0.6 is 0 Å². The van der Waals surface area contributed by atoms with Crippen molar-refractivity contribution in [2.45, 2.75) is 109 Å². The summed E-state index contributed by atoms with van der Waals surface area (Å²) >= 11 is 0. The van der Waals surface area contributed by atoms with Crippen molar-refractivity contribution in [1.29, 1.82) is 0 Å². The predicted molar refractivity (Wildman–Crippen MR) is 135 cm³/mol. The molecule has 2 atom stereocenters. The zero-order valence-corrected chi connectivity index (χ0v) is 21.6. The molecule has 5 aliphatic carbocycles. The van der Waals surface area contributed by atoms with E-state index in [0.29, 0.717) is 49.2 Å². The van der Waals surface area contributed by atoms with Crippen LogP contribution in [0, 0.1) is 35.5 Å². The van der Waals surface area contributed by atoms with Gasteiger partial charge in [-0.3, -0.25) is 0 Å². The minimum absolute atomic E-state index is 0.0441. The van der Waals surface area contributed by atoms with Gasteiger partial charge >= 0.3 is 0 Å². The van der Waals surface area contributed by atoms with E-state index >= 15 is 8.78 Å². The predicted octanol–water partition coefficient (Wildman–Crippen LogP) is 10.1. The molecule has 5 heteroatoms. The van der Waals surface area contributed by atoms with Crippen molar-refractivity contribution in [2.24, 2.45) is 35.5 Å². The lowest BCUT2D eigenvalue weighted by Gasteiger charge is -2.39. The molecule has 0 nitrogen and oxygen atoms in total. The van der Waals surface area contributed by atoms with Gasteiger partial charge in [-0.2, -0.15) is 0 Å². The molecule has 36 heavy (non-hydrogen) atoms. The van der Waals surface area contributed by atoms with Gasteiger partial charge in [0.25, 0.3) is 0 Å². The number of hydrogen-bond acceptors (Lipinski definition) is 0. The maximum absolute atomic E-state index is 15.4. The van der Waals surface area contributed by atoms with E-state index in [-0.39, 0.29) is 24.1 Å². The third-order valence-corrected chi connectivity index (χ3v) is 10.3.